The molecule has 1 aliphatic carbocycles. The van der Waals surface area contributed by atoms with Crippen molar-refractivity contribution in [3.63, 3.8) is 0 Å². The zero-order valence-electron chi connectivity index (χ0n) is 14.1. The zero-order valence-corrected chi connectivity index (χ0v) is 14.1. The first-order chi connectivity index (χ1) is 12.3. The van der Waals surface area contributed by atoms with Gasteiger partial charge in [0.2, 0.25) is 0 Å². The van der Waals surface area contributed by atoms with Gasteiger partial charge in [0, 0.05) is 24.5 Å². The van der Waals surface area contributed by atoms with E-state index in [0.717, 1.165) is 31.4 Å². The number of benzene rings is 2. The molecule has 0 spiro atoms. The van der Waals surface area contributed by atoms with Crippen LogP contribution in [-0.4, -0.2) is 15.5 Å². The third kappa shape index (κ3) is 3.48. The van der Waals surface area contributed by atoms with Crippen LogP contribution in [0.5, 0.6) is 0 Å². The average Bonchev–Trinajstić information content (AvgIpc) is 3.16. The van der Waals surface area contributed by atoms with Gasteiger partial charge in [-0.1, -0.05) is 36.4 Å². The van der Waals surface area contributed by atoms with Crippen LogP contribution in [0.25, 0.3) is 0 Å². The summed E-state index contributed by atoms with van der Waals surface area (Å²) in [6.45, 7) is 0.762. The molecule has 2 aromatic carbocycles. The molecule has 1 aromatic heterocycles. The van der Waals surface area contributed by atoms with E-state index in [9.17, 15) is 4.79 Å². The molecule has 0 unspecified atom stereocenters. The maximum Gasteiger partial charge on any atom is 0.251 e. The van der Waals surface area contributed by atoms with Crippen molar-refractivity contribution in [3.05, 3.63) is 89.5 Å². The molecule has 4 heteroatoms. The lowest BCUT2D eigenvalue weighted by Gasteiger charge is -2.26. The molecule has 3 aromatic rings. The highest BCUT2D eigenvalue weighted by atomic mass is 16.1. The second-order valence-corrected chi connectivity index (χ2v) is 6.55. The SMILES string of the molecule is O=C(N[C@@H]1CCCc2ccccc21)c1ccc(Cn2ccnc2)cc1. The molecule has 1 atom stereocenters. The summed E-state index contributed by atoms with van der Waals surface area (Å²) in [5.41, 5.74) is 4.48. The van der Waals surface area contributed by atoms with Crippen LogP contribution in [0.15, 0.2) is 67.3 Å². The number of hydrogen-bond donors (Lipinski definition) is 1. The van der Waals surface area contributed by atoms with Gasteiger partial charge in [-0.05, 0) is 48.1 Å². The molecule has 0 saturated heterocycles. The maximum atomic E-state index is 12.6. The van der Waals surface area contributed by atoms with Crippen molar-refractivity contribution in [1.82, 2.24) is 14.9 Å². The number of carbonyl (C=O) groups is 1. The summed E-state index contributed by atoms with van der Waals surface area (Å²) in [7, 11) is 0. The Morgan fingerprint density at radius 3 is 2.80 bits per heavy atom. The molecule has 4 nitrogen and oxygen atoms in total. The number of hydrogen-bond acceptors (Lipinski definition) is 2. The lowest BCUT2D eigenvalue weighted by Crippen LogP contribution is -2.30. The van der Waals surface area contributed by atoms with E-state index in [-0.39, 0.29) is 11.9 Å². The monoisotopic (exact) mass is 331 g/mol. The number of rotatable bonds is 4. The number of amides is 1. The van der Waals surface area contributed by atoms with Crippen LogP contribution in [0.3, 0.4) is 0 Å². The quantitative estimate of drug-likeness (QED) is 0.792. The first kappa shape index (κ1) is 15.6. The summed E-state index contributed by atoms with van der Waals surface area (Å²) in [5, 5.41) is 3.20. The van der Waals surface area contributed by atoms with Crippen LogP contribution < -0.4 is 5.32 Å². The highest BCUT2D eigenvalue weighted by Gasteiger charge is 2.21. The van der Waals surface area contributed by atoms with Crippen molar-refractivity contribution in [2.24, 2.45) is 0 Å². The molecule has 1 heterocycles. The summed E-state index contributed by atoms with van der Waals surface area (Å²) in [5.74, 6) is -0.00381. The Morgan fingerprint density at radius 1 is 1.16 bits per heavy atom. The normalized spacial score (nSPS) is 16.2. The molecule has 25 heavy (non-hydrogen) atoms. The summed E-state index contributed by atoms with van der Waals surface area (Å²) in [6.07, 6.45) is 8.71. The van der Waals surface area contributed by atoms with Crippen LogP contribution in [0.2, 0.25) is 0 Å². The van der Waals surface area contributed by atoms with Gasteiger partial charge in [0.15, 0.2) is 0 Å². The fourth-order valence-electron chi connectivity index (χ4n) is 3.50. The van der Waals surface area contributed by atoms with Crippen LogP contribution in [0, 0.1) is 0 Å². The Kier molecular flexibility index (Phi) is 4.34. The van der Waals surface area contributed by atoms with Crippen LogP contribution in [0.4, 0.5) is 0 Å². The molecular formula is C21H21N3O. The highest BCUT2D eigenvalue weighted by Crippen LogP contribution is 2.29. The minimum atomic E-state index is -0.00381. The fraction of sp³-hybridized carbons (Fsp3) is 0.238. The number of aromatic nitrogens is 2. The van der Waals surface area contributed by atoms with Crippen LogP contribution in [0.1, 0.15) is 45.9 Å². The zero-order chi connectivity index (χ0) is 17.1. The number of fused-ring (bicyclic) bond motifs is 1. The third-order valence-electron chi connectivity index (χ3n) is 4.82. The summed E-state index contributed by atoms with van der Waals surface area (Å²) >= 11 is 0. The molecular weight excluding hydrogens is 310 g/mol. The predicted molar refractivity (Wildman–Crippen MR) is 97.4 cm³/mol. The van der Waals surface area contributed by atoms with E-state index < -0.39 is 0 Å². The van der Waals surface area contributed by atoms with E-state index >= 15 is 0 Å². The summed E-state index contributed by atoms with van der Waals surface area (Å²) in [4.78, 5) is 16.7. The molecule has 0 radical (unpaired) electrons. The van der Waals surface area contributed by atoms with Gasteiger partial charge in [0.05, 0.1) is 12.4 Å². The highest BCUT2D eigenvalue weighted by molar-refractivity contribution is 5.94. The molecule has 0 aliphatic heterocycles. The van der Waals surface area contributed by atoms with E-state index in [0.29, 0.717) is 5.56 Å². The van der Waals surface area contributed by atoms with E-state index in [4.69, 9.17) is 0 Å². The topological polar surface area (TPSA) is 46.9 Å². The van der Waals surface area contributed by atoms with Crippen LogP contribution >= 0.6 is 0 Å². The molecule has 1 amide bonds. The molecule has 0 fully saturated rings. The number of nitrogens with one attached hydrogen (secondary N) is 1. The lowest BCUT2D eigenvalue weighted by atomic mass is 9.87. The van der Waals surface area contributed by atoms with Crippen molar-refractivity contribution in [1.29, 1.82) is 0 Å². The molecule has 0 saturated carbocycles. The van der Waals surface area contributed by atoms with E-state index in [1.54, 1.807) is 12.5 Å². The third-order valence-corrected chi connectivity index (χ3v) is 4.82. The van der Waals surface area contributed by atoms with Gasteiger partial charge >= 0.3 is 0 Å². The summed E-state index contributed by atoms with van der Waals surface area (Å²) < 4.78 is 2.01. The predicted octanol–water partition coefficient (Wildman–Crippen LogP) is 3.74. The van der Waals surface area contributed by atoms with E-state index in [2.05, 4.69) is 28.5 Å². The fourth-order valence-corrected chi connectivity index (χ4v) is 3.50. The minimum Gasteiger partial charge on any atom is -0.345 e. The number of imidazole rings is 1. The Hall–Kier alpha value is -2.88. The van der Waals surface area contributed by atoms with Crippen molar-refractivity contribution >= 4 is 5.91 Å². The van der Waals surface area contributed by atoms with Crippen molar-refractivity contribution in [2.45, 2.75) is 31.8 Å². The average molecular weight is 331 g/mol. The Labute approximate surface area is 147 Å². The van der Waals surface area contributed by atoms with Crippen molar-refractivity contribution in [3.8, 4) is 0 Å². The maximum absolute atomic E-state index is 12.6. The second kappa shape index (κ2) is 6.93. The molecule has 126 valence electrons. The molecule has 1 aliphatic rings. The van der Waals surface area contributed by atoms with E-state index in [1.807, 2.05) is 41.1 Å². The van der Waals surface area contributed by atoms with Crippen molar-refractivity contribution in [2.75, 3.05) is 0 Å². The van der Waals surface area contributed by atoms with E-state index in [1.165, 1.54) is 11.1 Å². The Bertz CT molecular complexity index is 853. The molecule has 4 rings (SSSR count). The Morgan fingerprint density at radius 2 is 2.00 bits per heavy atom. The first-order valence-electron chi connectivity index (χ1n) is 8.73. The number of carbonyl (C=O) groups excluding carboxylic acids is 1. The van der Waals surface area contributed by atoms with Gasteiger partial charge in [-0.2, -0.15) is 0 Å². The van der Waals surface area contributed by atoms with Gasteiger partial charge in [-0.15, -0.1) is 0 Å². The van der Waals surface area contributed by atoms with Gasteiger partial charge in [-0.3, -0.25) is 4.79 Å². The largest absolute Gasteiger partial charge is 0.345 e. The second-order valence-electron chi connectivity index (χ2n) is 6.55. The molecule has 0 bridgehead atoms. The lowest BCUT2D eigenvalue weighted by molar-refractivity contribution is 0.0932. The van der Waals surface area contributed by atoms with Crippen molar-refractivity contribution < 1.29 is 4.79 Å². The standard InChI is InChI=1S/C21H21N3O/c25-21(23-20-7-3-5-17-4-1-2-6-19(17)20)18-10-8-16(9-11-18)14-24-13-12-22-15-24/h1-2,4,6,8-13,15,20H,3,5,7,14H2,(H,23,25)/t20-/m1/s1. The van der Waals surface area contributed by atoms with Crippen LogP contribution in [-0.2, 0) is 13.0 Å². The smallest absolute Gasteiger partial charge is 0.251 e. The van der Waals surface area contributed by atoms with Gasteiger partial charge in [0.1, 0.15) is 0 Å². The summed E-state index contributed by atoms with van der Waals surface area (Å²) in [6, 6.07) is 16.3. The number of nitrogens with zero attached hydrogens (tertiary/aromatic N) is 2. The minimum absolute atomic E-state index is 0.00381. The van der Waals surface area contributed by atoms with Gasteiger partial charge in [0.25, 0.3) is 5.91 Å². The number of aryl methyl sites for hydroxylation is 1. The van der Waals surface area contributed by atoms with Gasteiger partial charge < -0.3 is 9.88 Å². The molecule has 1 N–H and O–H groups in total. The van der Waals surface area contributed by atoms with Gasteiger partial charge in [-0.25, -0.2) is 4.98 Å². The first-order valence-corrected chi connectivity index (χ1v) is 8.73. The Balaban J connectivity index is 1.45.